The standard InChI is InChI=1S/C21H27N5O2S/c27-18(22-17-9-5-2-6-10-17)14-26-20(23-24-21(26)29)16-11-19(28)25(13-16)12-15-7-3-1-4-8-15/h1,3-4,7-8,16-17H,2,5-6,9-14H2,(H,22,27)(H,24,29). The summed E-state index contributed by atoms with van der Waals surface area (Å²) in [7, 11) is 0. The number of nitrogens with one attached hydrogen (secondary N) is 2. The van der Waals surface area contributed by atoms with E-state index in [-0.39, 0.29) is 30.3 Å². The Labute approximate surface area is 175 Å². The van der Waals surface area contributed by atoms with Crippen LogP contribution in [0.1, 0.15) is 55.8 Å². The van der Waals surface area contributed by atoms with E-state index in [0.717, 1.165) is 18.4 Å². The second-order valence-corrected chi connectivity index (χ2v) is 8.42. The van der Waals surface area contributed by atoms with Crippen LogP contribution in [0.25, 0.3) is 0 Å². The molecule has 1 saturated heterocycles. The molecule has 154 valence electrons. The van der Waals surface area contributed by atoms with Gasteiger partial charge in [0.25, 0.3) is 0 Å². The van der Waals surface area contributed by atoms with Crippen LogP contribution >= 0.6 is 12.2 Å². The van der Waals surface area contributed by atoms with E-state index in [4.69, 9.17) is 12.2 Å². The number of benzene rings is 1. The fraction of sp³-hybridized carbons (Fsp3) is 0.524. The molecule has 2 N–H and O–H groups in total. The molecule has 1 aromatic carbocycles. The van der Waals surface area contributed by atoms with E-state index in [1.54, 1.807) is 4.57 Å². The number of hydrogen-bond donors (Lipinski definition) is 2. The Kier molecular flexibility index (Phi) is 6.08. The minimum Gasteiger partial charge on any atom is -0.352 e. The van der Waals surface area contributed by atoms with Crippen LogP contribution in [-0.4, -0.2) is 44.1 Å². The van der Waals surface area contributed by atoms with Crippen LogP contribution in [0.3, 0.4) is 0 Å². The smallest absolute Gasteiger partial charge is 0.240 e. The molecule has 4 rings (SSSR count). The summed E-state index contributed by atoms with van der Waals surface area (Å²) < 4.78 is 2.17. The lowest BCUT2D eigenvalue weighted by Gasteiger charge is -2.23. The van der Waals surface area contributed by atoms with Crippen LogP contribution in [0.4, 0.5) is 0 Å². The maximum Gasteiger partial charge on any atom is 0.240 e. The summed E-state index contributed by atoms with van der Waals surface area (Å²) in [6, 6.07) is 10.2. The highest BCUT2D eigenvalue weighted by Gasteiger charge is 2.34. The Morgan fingerprint density at radius 3 is 2.72 bits per heavy atom. The molecule has 2 aromatic rings. The van der Waals surface area contributed by atoms with Crippen LogP contribution in [0.2, 0.25) is 0 Å². The molecule has 2 amide bonds. The van der Waals surface area contributed by atoms with Crippen LogP contribution < -0.4 is 5.32 Å². The molecule has 0 spiro atoms. The molecule has 29 heavy (non-hydrogen) atoms. The third-order valence-electron chi connectivity index (χ3n) is 5.86. The molecule has 1 aromatic heterocycles. The highest BCUT2D eigenvalue weighted by Crippen LogP contribution is 2.28. The number of nitrogens with zero attached hydrogens (tertiary/aromatic N) is 3. The number of carbonyl (C=O) groups excluding carboxylic acids is 2. The van der Waals surface area contributed by atoms with Gasteiger partial charge in [-0.15, -0.1) is 0 Å². The molecule has 1 aliphatic heterocycles. The van der Waals surface area contributed by atoms with Crippen molar-refractivity contribution in [2.75, 3.05) is 6.54 Å². The van der Waals surface area contributed by atoms with E-state index in [1.807, 2.05) is 35.2 Å². The molecule has 1 unspecified atom stereocenters. The summed E-state index contributed by atoms with van der Waals surface area (Å²) in [5.74, 6) is 0.687. The number of likely N-dealkylation sites (tertiary alicyclic amines) is 1. The van der Waals surface area contributed by atoms with Gasteiger partial charge in [0.05, 0.1) is 0 Å². The van der Waals surface area contributed by atoms with Crippen molar-refractivity contribution in [3.8, 4) is 0 Å². The van der Waals surface area contributed by atoms with Gasteiger partial charge >= 0.3 is 0 Å². The highest BCUT2D eigenvalue weighted by atomic mass is 32.1. The Hall–Kier alpha value is -2.48. The average Bonchev–Trinajstić information content (AvgIpc) is 3.26. The van der Waals surface area contributed by atoms with Crippen molar-refractivity contribution in [3.05, 3.63) is 46.5 Å². The van der Waals surface area contributed by atoms with E-state index in [0.29, 0.717) is 30.1 Å². The monoisotopic (exact) mass is 413 g/mol. The van der Waals surface area contributed by atoms with Crippen molar-refractivity contribution in [2.45, 2.75) is 63.6 Å². The largest absolute Gasteiger partial charge is 0.352 e. The third kappa shape index (κ3) is 4.75. The molecule has 1 atom stereocenters. The Bertz CT molecular complexity index is 917. The van der Waals surface area contributed by atoms with Crippen LogP contribution in [-0.2, 0) is 22.7 Å². The first-order valence-corrected chi connectivity index (χ1v) is 10.8. The maximum absolute atomic E-state index is 12.6. The maximum atomic E-state index is 12.6. The van der Waals surface area contributed by atoms with Gasteiger partial charge in [0.1, 0.15) is 12.4 Å². The molecule has 2 aliphatic rings. The van der Waals surface area contributed by atoms with Gasteiger partial charge in [0.15, 0.2) is 4.77 Å². The predicted octanol–water partition coefficient (Wildman–Crippen LogP) is 2.91. The summed E-state index contributed by atoms with van der Waals surface area (Å²) in [5, 5.41) is 10.3. The summed E-state index contributed by atoms with van der Waals surface area (Å²) >= 11 is 5.36. The van der Waals surface area contributed by atoms with Crippen LogP contribution in [0.5, 0.6) is 0 Å². The summed E-state index contributed by atoms with van der Waals surface area (Å²) in [5.41, 5.74) is 1.10. The van der Waals surface area contributed by atoms with Gasteiger partial charge in [-0.25, -0.2) is 0 Å². The molecule has 0 bridgehead atoms. The van der Waals surface area contributed by atoms with E-state index in [2.05, 4.69) is 15.5 Å². The Morgan fingerprint density at radius 2 is 1.97 bits per heavy atom. The highest BCUT2D eigenvalue weighted by molar-refractivity contribution is 7.71. The van der Waals surface area contributed by atoms with Gasteiger partial charge in [0.2, 0.25) is 11.8 Å². The molecule has 1 aliphatic carbocycles. The van der Waals surface area contributed by atoms with Crippen molar-refractivity contribution in [1.82, 2.24) is 25.0 Å². The topological polar surface area (TPSA) is 83.0 Å². The number of aromatic amines is 1. The minimum absolute atomic E-state index is 0.0406. The zero-order valence-corrected chi connectivity index (χ0v) is 17.3. The first-order valence-electron chi connectivity index (χ1n) is 10.4. The van der Waals surface area contributed by atoms with E-state index in [9.17, 15) is 9.59 Å². The van der Waals surface area contributed by atoms with Crippen molar-refractivity contribution in [2.24, 2.45) is 0 Å². The molecule has 2 fully saturated rings. The number of amides is 2. The lowest BCUT2D eigenvalue weighted by molar-refractivity contribution is -0.128. The molecular weight excluding hydrogens is 386 g/mol. The molecule has 0 radical (unpaired) electrons. The second-order valence-electron chi connectivity index (χ2n) is 8.04. The zero-order valence-electron chi connectivity index (χ0n) is 16.5. The van der Waals surface area contributed by atoms with Crippen molar-refractivity contribution in [3.63, 3.8) is 0 Å². The molecule has 1 saturated carbocycles. The second kappa shape index (κ2) is 8.90. The van der Waals surface area contributed by atoms with Crippen LogP contribution in [0.15, 0.2) is 30.3 Å². The quantitative estimate of drug-likeness (QED) is 0.714. The number of carbonyl (C=O) groups is 2. The van der Waals surface area contributed by atoms with Gasteiger partial charge in [-0.1, -0.05) is 49.6 Å². The normalized spacial score (nSPS) is 20.2. The number of rotatable bonds is 6. The van der Waals surface area contributed by atoms with E-state index < -0.39 is 0 Å². The average molecular weight is 414 g/mol. The first kappa shape index (κ1) is 19.8. The van der Waals surface area contributed by atoms with Crippen LogP contribution in [0, 0.1) is 4.77 Å². The SMILES string of the molecule is O=C(Cn1c(C2CC(=O)N(Cc3ccccc3)C2)n[nH]c1=S)NC1CCCCC1. The van der Waals surface area contributed by atoms with Gasteiger partial charge in [-0.05, 0) is 30.6 Å². The van der Waals surface area contributed by atoms with Crippen molar-refractivity contribution >= 4 is 24.0 Å². The summed E-state index contributed by atoms with van der Waals surface area (Å²) in [6.07, 6.45) is 6.06. The van der Waals surface area contributed by atoms with Gasteiger partial charge in [0, 0.05) is 31.5 Å². The first-order chi connectivity index (χ1) is 14.1. The number of hydrogen-bond acceptors (Lipinski definition) is 4. The summed E-state index contributed by atoms with van der Waals surface area (Å²) in [6.45, 7) is 1.31. The zero-order chi connectivity index (χ0) is 20.2. The van der Waals surface area contributed by atoms with Gasteiger partial charge < -0.3 is 10.2 Å². The number of H-pyrrole nitrogens is 1. The third-order valence-corrected chi connectivity index (χ3v) is 6.17. The van der Waals surface area contributed by atoms with Gasteiger partial charge in [-0.3, -0.25) is 19.3 Å². The predicted molar refractivity (Wildman–Crippen MR) is 112 cm³/mol. The minimum atomic E-state index is -0.0679. The Morgan fingerprint density at radius 1 is 1.21 bits per heavy atom. The molecular formula is C21H27N5O2S. The Balaban J connectivity index is 1.42. The fourth-order valence-corrected chi connectivity index (χ4v) is 4.56. The van der Waals surface area contributed by atoms with Gasteiger partial charge in [-0.2, -0.15) is 5.10 Å². The van der Waals surface area contributed by atoms with E-state index in [1.165, 1.54) is 19.3 Å². The van der Waals surface area contributed by atoms with Crippen molar-refractivity contribution in [1.29, 1.82) is 0 Å². The number of aromatic nitrogens is 3. The molecule has 7 nitrogen and oxygen atoms in total. The van der Waals surface area contributed by atoms with E-state index >= 15 is 0 Å². The molecule has 2 heterocycles. The lowest BCUT2D eigenvalue weighted by atomic mass is 9.95. The molecule has 8 heteroatoms. The summed E-state index contributed by atoms with van der Waals surface area (Å²) in [4.78, 5) is 27.0. The van der Waals surface area contributed by atoms with Crippen molar-refractivity contribution < 1.29 is 9.59 Å². The lowest BCUT2D eigenvalue weighted by Crippen LogP contribution is -2.38. The fourth-order valence-electron chi connectivity index (χ4n) is 4.36.